The van der Waals surface area contributed by atoms with E-state index in [-0.39, 0.29) is 0 Å². The summed E-state index contributed by atoms with van der Waals surface area (Å²) in [6.45, 7) is -5.73. The van der Waals surface area contributed by atoms with Gasteiger partial charge in [-0.3, -0.25) is 4.74 Å². The van der Waals surface area contributed by atoms with E-state index in [4.69, 9.17) is 0 Å². The first-order valence-electron chi connectivity index (χ1n) is 4.70. The molecule has 0 radical (unpaired) electrons. The van der Waals surface area contributed by atoms with Crippen molar-refractivity contribution >= 4 is 0 Å². The van der Waals surface area contributed by atoms with Crippen LogP contribution in [0.15, 0.2) is 12.1 Å². The molecule has 0 aliphatic heterocycles. The van der Waals surface area contributed by atoms with E-state index >= 15 is 0 Å². The third-order valence-corrected chi connectivity index (χ3v) is 1.83. The molecule has 0 rings (SSSR count). The van der Waals surface area contributed by atoms with Gasteiger partial charge in [-0.2, -0.15) is 39.5 Å². The first-order valence-corrected chi connectivity index (χ1v) is 4.70. The van der Waals surface area contributed by atoms with Gasteiger partial charge in [0.05, 0.1) is 0 Å². The minimum atomic E-state index is -6.95. The molecular formula is C8H4F12O2. The van der Waals surface area contributed by atoms with Gasteiger partial charge in [0.2, 0.25) is 0 Å². The Morgan fingerprint density at radius 1 is 0.773 bits per heavy atom. The maximum atomic E-state index is 13.3. The Bertz CT molecular complexity index is 410. The average molecular weight is 360 g/mol. The van der Waals surface area contributed by atoms with Gasteiger partial charge in [0, 0.05) is 0 Å². The molecule has 132 valence electrons. The van der Waals surface area contributed by atoms with E-state index in [2.05, 4.69) is 9.47 Å². The molecule has 0 N–H and O–H groups in total. The fourth-order valence-corrected chi connectivity index (χ4v) is 0.841. The van der Waals surface area contributed by atoms with E-state index in [0.29, 0.717) is 0 Å². The first-order chi connectivity index (χ1) is 9.66. The SMILES string of the molecule is FCC(F)(CF)OC(F)(C(F)(F)F)C(F)(F)OC(F)=C(F)F. The molecule has 0 fully saturated rings. The predicted octanol–water partition coefficient (Wildman–Crippen LogP) is 4.48. The lowest BCUT2D eigenvalue weighted by Gasteiger charge is -2.36. The quantitative estimate of drug-likeness (QED) is 0.492. The molecule has 0 heterocycles. The lowest BCUT2D eigenvalue weighted by Crippen LogP contribution is -2.62. The summed E-state index contributed by atoms with van der Waals surface area (Å²) < 4.78 is 153. The topological polar surface area (TPSA) is 18.5 Å². The molecular weight excluding hydrogens is 356 g/mol. The second kappa shape index (κ2) is 6.42. The van der Waals surface area contributed by atoms with Crippen LogP contribution in [0.4, 0.5) is 52.7 Å². The molecule has 1 unspecified atom stereocenters. The molecule has 22 heavy (non-hydrogen) atoms. The Morgan fingerprint density at radius 3 is 1.45 bits per heavy atom. The summed E-state index contributed by atoms with van der Waals surface area (Å²) >= 11 is 0. The number of hydrogen-bond donors (Lipinski definition) is 0. The molecule has 0 amide bonds. The fraction of sp³-hybridized carbons (Fsp3) is 0.750. The van der Waals surface area contributed by atoms with Gasteiger partial charge in [0.1, 0.15) is 0 Å². The van der Waals surface area contributed by atoms with Crippen molar-refractivity contribution in [2.75, 3.05) is 13.3 Å². The highest BCUT2D eigenvalue weighted by Crippen LogP contribution is 2.50. The highest BCUT2D eigenvalue weighted by Gasteiger charge is 2.78. The van der Waals surface area contributed by atoms with Gasteiger partial charge in [-0.15, -0.1) is 0 Å². The number of alkyl halides is 9. The molecule has 0 aromatic carbocycles. The lowest BCUT2D eigenvalue weighted by atomic mass is 10.2. The van der Waals surface area contributed by atoms with E-state index in [1.807, 2.05) is 0 Å². The largest absolute Gasteiger partial charge is 0.471 e. The monoisotopic (exact) mass is 360 g/mol. The van der Waals surface area contributed by atoms with Crippen molar-refractivity contribution < 1.29 is 62.2 Å². The molecule has 0 aromatic heterocycles. The van der Waals surface area contributed by atoms with Gasteiger partial charge in [0.25, 0.3) is 5.85 Å². The minimum Gasteiger partial charge on any atom is -0.398 e. The maximum absolute atomic E-state index is 13.3. The summed E-state index contributed by atoms with van der Waals surface area (Å²) in [4.78, 5) is 0. The average Bonchev–Trinajstić information content (AvgIpc) is 2.36. The smallest absolute Gasteiger partial charge is 0.398 e. The summed E-state index contributed by atoms with van der Waals surface area (Å²) in [5, 5.41) is 0. The standard InChI is InChI=1S/C8H4F12O2/c9-1-5(14,2-10)22-6(15,7(16,17)18)8(19,20)21-4(13)3(11)12/h1-2H2. The van der Waals surface area contributed by atoms with Crippen LogP contribution >= 0.6 is 0 Å². The van der Waals surface area contributed by atoms with Crippen molar-refractivity contribution in [1.82, 2.24) is 0 Å². The zero-order valence-electron chi connectivity index (χ0n) is 9.77. The van der Waals surface area contributed by atoms with Crippen LogP contribution in [-0.2, 0) is 9.47 Å². The number of rotatable bonds is 7. The van der Waals surface area contributed by atoms with Crippen LogP contribution in [0, 0.1) is 0 Å². The minimum absolute atomic E-state index is 2.12. The van der Waals surface area contributed by atoms with Crippen LogP contribution in [0.2, 0.25) is 0 Å². The van der Waals surface area contributed by atoms with Gasteiger partial charge >= 0.3 is 30.2 Å². The molecule has 0 aliphatic carbocycles. The second-order valence-electron chi connectivity index (χ2n) is 3.50. The normalized spacial score (nSPS) is 16.2. The molecule has 0 aromatic rings. The third kappa shape index (κ3) is 4.10. The number of hydrogen-bond acceptors (Lipinski definition) is 2. The zero-order valence-corrected chi connectivity index (χ0v) is 9.77. The Labute approximate surface area is 113 Å². The molecule has 0 spiro atoms. The van der Waals surface area contributed by atoms with Crippen LogP contribution in [0.1, 0.15) is 0 Å². The Morgan fingerprint density at radius 2 is 1.18 bits per heavy atom. The summed E-state index contributed by atoms with van der Waals surface area (Å²) in [7, 11) is 0. The molecule has 1 atom stereocenters. The summed E-state index contributed by atoms with van der Waals surface area (Å²) in [6, 6.07) is -3.65. The van der Waals surface area contributed by atoms with Crippen molar-refractivity contribution in [1.29, 1.82) is 0 Å². The maximum Gasteiger partial charge on any atom is 0.471 e. The first kappa shape index (κ1) is 20.7. The van der Waals surface area contributed by atoms with Crippen LogP contribution in [0.5, 0.6) is 0 Å². The third-order valence-electron chi connectivity index (χ3n) is 1.83. The summed E-state index contributed by atoms with van der Waals surface area (Å²) in [5.74, 6) is -11.5. The van der Waals surface area contributed by atoms with Gasteiger partial charge in [0.15, 0.2) is 13.3 Å². The van der Waals surface area contributed by atoms with Crippen molar-refractivity contribution in [3.8, 4) is 0 Å². The highest BCUT2D eigenvalue weighted by atomic mass is 19.4. The Balaban J connectivity index is 5.87. The molecule has 0 saturated heterocycles. The second-order valence-corrected chi connectivity index (χ2v) is 3.50. The molecule has 14 heteroatoms. The van der Waals surface area contributed by atoms with Crippen LogP contribution in [0.3, 0.4) is 0 Å². The van der Waals surface area contributed by atoms with E-state index in [1.54, 1.807) is 0 Å². The number of halogens is 12. The van der Waals surface area contributed by atoms with Gasteiger partial charge in [-0.25, -0.2) is 13.2 Å². The van der Waals surface area contributed by atoms with Crippen LogP contribution in [0.25, 0.3) is 0 Å². The number of ether oxygens (including phenoxy) is 2. The fourth-order valence-electron chi connectivity index (χ4n) is 0.841. The molecule has 0 aliphatic rings. The van der Waals surface area contributed by atoms with Crippen molar-refractivity contribution in [2.45, 2.75) is 24.0 Å². The van der Waals surface area contributed by atoms with Crippen LogP contribution in [-0.4, -0.2) is 37.3 Å². The summed E-state index contributed by atoms with van der Waals surface area (Å²) in [6.07, 6.45) is -17.3. The zero-order chi connectivity index (χ0) is 18.0. The lowest BCUT2D eigenvalue weighted by molar-refractivity contribution is -0.484. The van der Waals surface area contributed by atoms with E-state index < -0.39 is 49.4 Å². The van der Waals surface area contributed by atoms with Crippen molar-refractivity contribution in [2.24, 2.45) is 0 Å². The Kier molecular flexibility index (Phi) is 6.03. The van der Waals surface area contributed by atoms with E-state index in [9.17, 15) is 52.7 Å². The van der Waals surface area contributed by atoms with E-state index in [1.165, 1.54) is 0 Å². The summed E-state index contributed by atoms with van der Waals surface area (Å²) in [5.41, 5.74) is 0. The highest BCUT2D eigenvalue weighted by molar-refractivity contribution is 4.93. The van der Waals surface area contributed by atoms with Gasteiger partial charge in [-0.1, -0.05) is 0 Å². The van der Waals surface area contributed by atoms with Gasteiger partial charge in [-0.05, 0) is 0 Å². The molecule has 0 bridgehead atoms. The van der Waals surface area contributed by atoms with Crippen molar-refractivity contribution in [3.05, 3.63) is 12.1 Å². The Hall–Kier alpha value is -1.34. The van der Waals surface area contributed by atoms with E-state index in [0.717, 1.165) is 0 Å². The molecule has 0 saturated carbocycles. The predicted molar refractivity (Wildman–Crippen MR) is 43.1 cm³/mol. The molecule has 2 nitrogen and oxygen atoms in total. The van der Waals surface area contributed by atoms with Crippen molar-refractivity contribution in [3.63, 3.8) is 0 Å². The van der Waals surface area contributed by atoms with Gasteiger partial charge < -0.3 is 4.74 Å². The van der Waals surface area contributed by atoms with Crippen LogP contribution < -0.4 is 0 Å².